The van der Waals surface area contributed by atoms with Crippen LogP contribution in [0.15, 0.2) is 36.9 Å². The van der Waals surface area contributed by atoms with Gasteiger partial charge in [-0.3, -0.25) is 0 Å². The maximum Gasteiger partial charge on any atom is 0.134 e. The van der Waals surface area contributed by atoms with Crippen molar-refractivity contribution in [3.05, 3.63) is 48.2 Å². The molecule has 0 spiro atoms. The van der Waals surface area contributed by atoms with Gasteiger partial charge in [0.25, 0.3) is 0 Å². The summed E-state index contributed by atoms with van der Waals surface area (Å²) in [6, 6.07) is 10.1. The Labute approximate surface area is 88.0 Å². The maximum absolute atomic E-state index is 4.44. The van der Waals surface area contributed by atoms with Crippen molar-refractivity contribution in [2.45, 2.75) is 6.92 Å². The minimum Gasteiger partial charge on any atom is -0.340 e. The Bertz CT molecular complexity index is 552. The lowest BCUT2D eigenvalue weighted by Gasteiger charge is -2.21. The first-order chi connectivity index (χ1) is 7.25. The quantitative estimate of drug-likeness (QED) is 0.703. The number of nitrogens with one attached hydrogen (secondary N) is 1. The highest BCUT2D eigenvalue weighted by molar-refractivity contribution is 5.83. The molecule has 2 aromatic rings. The molecule has 2 heterocycles. The second-order valence-electron chi connectivity index (χ2n) is 3.70. The molecule has 3 rings (SSSR count). The fourth-order valence-electron chi connectivity index (χ4n) is 1.91. The molecule has 3 heteroatoms. The number of benzene rings is 1. The molecule has 0 saturated heterocycles. The summed E-state index contributed by atoms with van der Waals surface area (Å²) in [6.45, 7) is 6.00. The highest BCUT2D eigenvalue weighted by Gasteiger charge is 2.18. The third-order valence-corrected chi connectivity index (χ3v) is 2.57. The van der Waals surface area contributed by atoms with Gasteiger partial charge < -0.3 is 5.32 Å². The largest absolute Gasteiger partial charge is 0.340 e. The van der Waals surface area contributed by atoms with E-state index in [2.05, 4.69) is 23.1 Å². The predicted octanol–water partition coefficient (Wildman–Crippen LogP) is 2.58. The number of nitrogens with zero attached hydrogens (tertiary/aromatic N) is 2. The molecule has 0 unspecified atom stereocenters. The smallest absolute Gasteiger partial charge is 0.134 e. The zero-order valence-corrected chi connectivity index (χ0v) is 8.49. The Kier molecular flexibility index (Phi) is 1.51. The number of anilines is 1. The van der Waals surface area contributed by atoms with Crippen molar-refractivity contribution in [1.29, 1.82) is 0 Å². The van der Waals surface area contributed by atoms with Crippen LogP contribution < -0.4 is 5.32 Å². The summed E-state index contributed by atoms with van der Waals surface area (Å²) in [7, 11) is 0. The molecule has 0 radical (unpaired) electrons. The van der Waals surface area contributed by atoms with Crippen molar-refractivity contribution >= 4 is 11.5 Å². The molecule has 0 fully saturated rings. The highest BCUT2D eigenvalue weighted by Crippen LogP contribution is 2.30. The van der Waals surface area contributed by atoms with Crippen LogP contribution in [-0.2, 0) is 0 Å². The Balaban J connectivity index is 2.33. The van der Waals surface area contributed by atoms with Crippen LogP contribution in [0.1, 0.15) is 11.3 Å². The fraction of sp³-hybridized carbons (Fsp3) is 0.0833. The van der Waals surface area contributed by atoms with Gasteiger partial charge in [0.15, 0.2) is 0 Å². The van der Waals surface area contributed by atoms with Gasteiger partial charge in [0.05, 0.1) is 11.4 Å². The zero-order chi connectivity index (χ0) is 10.4. The molecular weight excluding hydrogens is 186 g/mol. The second-order valence-corrected chi connectivity index (χ2v) is 3.70. The van der Waals surface area contributed by atoms with Crippen LogP contribution in [0.4, 0.5) is 5.82 Å². The number of aromatic nitrogens is 2. The van der Waals surface area contributed by atoms with Crippen molar-refractivity contribution in [3.63, 3.8) is 0 Å². The van der Waals surface area contributed by atoms with Crippen LogP contribution in [0.25, 0.3) is 11.4 Å². The number of fused-ring (bicyclic) bond motifs is 3. The summed E-state index contributed by atoms with van der Waals surface area (Å²) in [5.41, 5.74) is 4.12. The van der Waals surface area contributed by atoms with E-state index in [0.29, 0.717) is 0 Å². The molecular formula is C12H11N3. The Morgan fingerprint density at radius 1 is 1.33 bits per heavy atom. The number of hydrogen-bond acceptors (Lipinski definition) is 2. The molecule has 1 aliphatic heterocycles. The summed E-state index contributed by atoms with van der Waals surface area (Å²) in [5, 5.41) is 7.68. The molecule has 0 saturated carbocycles. The standard InChI is InChI=1S/C12H11N3/c1-8-7-12-13-9(2)10-5-3-4-6-11(10)15(12)14-8/h3-7,13H,2H2,1H3. The van der Waals surface area contributed by atoms with Gasteiger partial charge >= 0.3 is 0 Å². The molecule has 1 aromatic heterocycles. The van der Waals surface area contributed by atoms with E-state index < -0.39 is 0 Å². The normalized spacial score (nSPS) is 13.0. The Hall–Kier alpha value is -2.03. The summed E-state index contributed by atoms with van der Waals surface area (Å²) < 4.78 is 1.92. The summed E-state index contributed by atoms with van der Waals surface area (Å²) in [5.74, 6) is 0.983. The van der Waals surface area contributed by atoms with E-state index in [0.717, 1.165) is 28.5 Å². The number of hydrogen-bond donors (Lipinski definition) is 1. The van der Waals surface area contributed by atoms with Gasteiger partial charge in [0, 0.05) is 17.3 Å². The fourth-order valence-corrected chi connectivity index (χ4v) is 1.91. The van der Waals surface area contributed by atoms with E-state index in [9.17, 15) is 0 Å². The molecule has 1 N–H and O–H groups in total. The van der Waals surface area contributed by atoms with Crippen LogP contribution >= 0.6 is 0 Å². The average Bonchev–Trinajstić information content (AvgIpc) is 2.59. The molecule has 74 valence electrons. The molecule has 0 aliphatic carbocycles. The third kappa shape index (κ3) is 1.09. The van der Waals surface area contributed by atoms with Gasteiger partial charge in [0.1, 0.15) is 5.82 Å². The lowest BCUT2D eigenvalue weighted by Crippen LogP contribution is -2.13. The van der Waals surface area contributed by atoms with E-state index in [-0.39, 0.29) is 0 Å². The minimum absolute atomic E-state index is 0.929. The van der Waals surface area contributed by atoms with Crippen molar-refractivity contribution in [1.82, 2.24) is 9.78 Å². The van der Waals surface area contributed by atoms with Crippen LogP contribution in [-0.4, -0.2) is 9.78 Å². The van der Waals surface area contributed by atoms with Gasteiger partial charge in [-0.25, -0.2) is 4.68 Å². The average molecular weight is 197 g/mol. The summed E-state index contributed by atoms with van der Waals surface area (Å²) in [6.07, 6.45) is 0. The first kappa shape index (κ1) is 8.29. The predicted molar refractivity (Wildman–Crippen MR) is 61.0 cm³/mol. The Morgan fingerprint density at radius 2 is 2.13 bits per heavy atom. The molecule has 0 atom stereocenters. The number of para-hydroxylation sites is 1. The van der Waals surface area contributed by atoms with E-state index in [1.165, 1.54) is 0 Å². The van der Waals surface area contributed by atoms with Crippen molar-refractivity contribution in [2.75, 3.05) is 5.32 Å². The van der Waals surface area contributed by atoms with Crippen molar-refractivity contribution in [2.24, 2.45) is 0 Å². The van der Waals surface area contributed by atoms with Gasteiger partial charge in [0.2, 0.25) is 0 Å². The molecule has 15 heavy (non-hydrogen) atoms. The maximum atomic E-state index is 4.44. The van der Waals surface area contributed by atoms with Crippen molar-refractivity contribution < 1.29 is 0 Å². The lowest BCUT2D eigenvalue weighted by atomic mass is 10.1. The first-order valence-corrected chi connectivity index (χ1v) is 4.88. The molecule has 0 bridgehead atoms. The summed E-state index contributed by atoms with van der Waals surface area (Å²) in [4.78, 5) is 0. The van der Waals surface area contributed by atoms with E-state index >= 15 is 0 Å². The van der Waals surface area contributed by atoms with Crippen LogP contribution in [0, 0.1) is 6.92 Å². The van der Waals surface area contributed by atoms with Crippen LogP contribution in [0.2, 0.25) is 0 Å². The molecule has 3 nitrogen and oxygen atoms in total. The molecule has 0 amide bonds. The monoisotopic (exact) mass is 197 g/mol. The van der Waals surface area contributed by atoms with E-state index in [1.54, 1.807) is 0 Å². The first-order valence-electron chi connectivity index (χ1n) is 4.88. The van der Waals surface area contributed by atoms with Gasteiger partial charge in [-0.2, -0.15) is 5.10 Å². The lowest BCUT2D eigenvalue weighted by molar-refractivity contribution is 0.859. The zero-order valence-electron chi connectivity index (χ0n) is 8.49. The highest BCUT2D eigenvalue weighted by atomic mass is 15.3. The van der Waals surface area contributed by atoms with Crippen molar-refractivity contribution in [3.8, 4) is 5.69 Å². The third-order valence-electron chi connectivity index (χ3n) is 2.57. The van der Waals surface area contributed by atoms with E-state index in [4.69, 9.17) is 0 Å². The number of aryl methyl sites for hydroxylation is 1. The minimum atomic E-state index is 0.929. The van der Waals surface area contributed by atoms with Crippen LogP contribution in [0.3, 0.4) is 0 Å². The van der Waals surface area contributed by atoms with Crippen LogP contribution in [0.5, 0.6) is 0 Å². The topological polar surface area (TPSA) is 29.9 Å². The molecule has 1 aliphatic rings. The second kappa shape index (κ2) is 2.73. The van der Waals surface area contributed by atoms with Gasteiger partial charge in [-0.15, -0.1) is 0 Å². The summed E-state index contributed by atoms with van der Waals surface area (Å²) >= 11 is 0. The van der Waals surface area contributed by atoms with Gasteiger partial charge in [-0.1, -0.05) is 24.8 Å². The Morgan fingerprint density at radius 3 is 3.00 bits per heavy atom. The van der Waals surface area contributed by atoms with E-state index in [1.807, 2.05) is 35.9 Å². The van der Waals surface area contributed by atoms with Gasteiger partial charge in [-0.05, 0) is 13.0 Å². The molecule has 1 aromatic carbocycles. The SMILES string of the molecule is C=C1Nc2cc(C)nn2-c2ccccc21. The number of rotatable bonds is 0.